The Morgan fingerprint density at radius 3 is 2.94 bits per heavy atom. The lowest BCUT2D eigenvalue weighted by atomic mass is 9.97. The van der Waals surface area contributed by atoms with Crippen LogP contribution < -0.4 is 21.1 Å². The van der Waals surface area contributed by atoms with Gasteiger partial charge in [-0.15, -0.1) is 0 Å². The third-order valence-electron chi connectivity index (χ3n) is 5.71. The minimum absolute atomic E-state index is 0.0705. The van der Waals surface area contributed by atoms with Gasteiger partial charge < -0.3 is 20.0 Å². The molecule has 2 fully saturated rings. The third-order valence-corrected chi connectivity index (χ3v) is 6.81. The molecular weight excluding hydrogens is 432 g/mol. The fourth-order valence-corrected chi connectivity index (χ4v) is 4.81. The van der Waals surface area contributed by atoms with Gasteiger partial charge in [-0.25, -0.2) is 4.98 Å². The average molecular weight is 457 g/mol. The smallest absolute Gasteiger partial charge is 0.273 e. The fraction of sp³-hybridized carbons (Fsp3) is 0.476. The van der Waals surface area contributed by atoms with Crippen molar-refractivity contribution in [1.82, 2.24) is 25.2 Å². The molecule has 1 saturated heterocycles. The highest BCUT2D eigenvalue weighted by Gasteiger charge is 2.31. The van der Waals surface area contributed by atoms with E-state index in [9.17, 15) is 14.4 Å². The van der Waals surface area contributed by atoms with E-state index in [-0.39, 0.29) is 36.4 Å². The van der Waals surface area contributed by atoms with E-state index in [1.807, 2.05) is 0 Å². The van der Waals surface area contributed by atoms with Gasteiger partial charge in [-0.3, -0.25) is 19.0 Å². The van der Waals surface area contributed by atoms with Crippen LogP contribution in [-0.2, 0) is 22.7 Å². The number of anilines is 1. The second-order valence-electron chi connectivity index (χ2n) is 8.25. The first-order valence-corrected chi connectivity index (χ1v) is 11.6. The molecule has 3 aromatic heterocycles. The number of rotatable bonds is 7. The molecule has 0 spiro atoms. The molecule has 2 N–H and O–H groups in total. The van der Waals surface area contributed by atoms with Crippen LogP contribution in [0, 0.1) is 5.92 Å². The van der Waals surface area contributed by atoms with Crippen LogP contribution in [0.25, 0.3) is 10.3 Å². The first-order chi connectivity index (χ1) is 15.6. The summed E-state index contributed by atoms with van der Waals surface area (Å²) in [5, 5.41) is 6.49. The van der Waals surface area contributed by atoms with Crippen molar-refractivity contribution in [2.24, 2.45) is 5.92 Å². The quantitative estimate of drug-likeness (QED) is 0.549. The predicted molar refractivity (Wildman–Crippen MR) is 118 cm³/mol. The molecule has 5 rings (SSSR count). The van der Waals surface area contributed by atoms with Crippen molar-refractivity contribution in [2.45, 2.75) is 44.8 Å². The van der Waals surface area contributed by atoms with E-state index in [1.54, 1.807) is 12.1 Å². The van der Waals surface area contributed by atoms with Crippen LogP contribution in [0.5, 0.6) is 0 Å². The van der Waals surface area contributed by atoms with Gasteiger partial charge in [-0.05, 0) is 37.8 Å². The number of furan rings is 1. The zero-order valence-electron chi connectivity index (χ0n) is 17.5. The van der Waals surface area contributed by atoms with E-state index in [0.29, 0.717) is 33.8 Å². The molecule has 1 aliphatic carbocycles. The minimum Gasteiger partial charge on any atom is -0.467 e. The summed E-state index contributed by atoms with van der Waals surface area (Å²) in [4.78, 5) is 48.5. The highest BCUT2D eigenvalue weighted by Crippen LogP contribution is 2.30. The Hall–Kier alpha value is -3.21. The Balaban J connectivity index is 1.27. The highest BCUT2D eigenvalue weighted by molar-refractivity contribution is 7.22. The van der Waals surface area contributed by atoms with Gasteiger partial charge in [-0.1, -0.05) is 11.3 Å². The van der Waals surface area contributed by atoms with E-state index >= 15 is 0 Å². The lowest BCUT2D eigenvalue weighted by molar-refractivity contribution is -0.125. The average Bonchev–Trinajstić information content (AvgIpc) is 3.27. The SMILES string of the molecule is O=C(Cn1cnc2nc(N3CCCC(C(=O)NC4CC4)C3)sc2c1=O)NCc1ccco1. The predicted octanol–water partition coefficient (Wildman–Crippen LogP) is 1.26. The number of nitrogens with one attached hydrogen (secondary N) is 2. The summed E-state index contributed by atoms with van der Waals surface area (Å²) in [6.07, 6.45) is 6.78. The Bertz CT molecular complexity index is 1180. The number of carbonyl (C=O) groups excluding carboxylic acids is 2. The second kappa shape index (κ2) is 8.73. The third kappa shape index (κ3) is 4.52. The van der Waals surface area contributed by atoms with Crippen LogP contribution in [0.3, 0.4) is 0 Å². The first kappa shape index (κ1) is 20.7. The molecule has 1 aliphatic heterocycles. The van der Waals surface area contributed by atoms with Gasteiger partial charge in [0.1, 0.15) is 23.3 Å². The van der Waals surface area contributed by atoms with Crippen molar-refractivity contribution in [3.05, 3.63) is 40.8 Å². The lowest BCUT2D eigenvalue weighted by Gasteiger charge is -2.31. The lowest BCUT2D eigenvalue weighted by Crippen LogP contribution is -2.43. The maximum atomic E-state index is 12.9. The van der Waals surface area contributed by atoms with Crippen LogP contribution in [0.15, 0.2) is 33.9 Å². The summed E-state index contributed by atoms with van der Waals surface area (Å²) >= 11 is 1.26. The molecule has 1 unspecified atom stereocenters. The molecule has 2 aliphatic rings. The summed E-state index contributed by atoms with van der Waals surface area (Å²) in [6, 6.07) is 3.86. The van der Waals surface area contributed by atoms with Gasteiger partial charge in [0.15, 0.2) is 10.8 Å². The van der Waals surface area contributed by atoms with Crippen LogP contribution in [-0.4, -0.2) is 45.5 Å². The van der Waals surface area contributed by atoms with E-state index in [4.69, 9.17) is 4.42 Å². The molecule has 3 aromatic rings. The number of aromatic nitrogens is 3. The van der Waals surface area contributed by atoms with Gasteiger partial charge in [-0.2, -0.15) is 4.98 Å². The largest absolute Gasteiger partial charge is 0.467 e. The topological polar surface area (TPSA) is 122 Å². The monoisotopic (exact) mass is 456 g/mol. The minimum atomic E-state index is -0.310. The summed E-state index contributed by atoms with van der Waals surface area (Å²) in [7, 11) is 0. The van der Waals surface area contributed by atoms with E-state index in [2.05, 4.69) is 25.5 Å². The molecule has 0 bridgehead atoms. The number of nitrogens with zero attached hydrogens (tertiary/aromatic N) is 4. The number of hydrogen-bond acceptors (Lipinski definition) is 8. The maximum absolute atomic E-state index is 12.9. The Morgan fingerprint density at radius 1 is 1.28 bits per heavy atom. The summed E-state index contributed by atoms with van der Waals surface area (Å²) < 4.78 is 6.88. The molecule has 0 radical (unpaired) electrons. The number of carbonyl (C=O) groups is 2. The van der Waals surface area contributed by atoms with E-state index in [0.717, 1.165) is 32.2 Å². The molecular formula is C21H24N6O4S. The maximum Gasteiger partial charge on any atom is 0.273 e. The number of thiazole rings is 1. The van der Waals surface area contributed by atoms with Crippen LogP contribution >= 0.6 is 11.3 Å². The van der Waals surface area contributed by atoms with Crippen molar-refractivity contribution < 1.29 is 14.0 Å². The molecule has 2 amide bonds. The molecule has 0 aromatic carbocycles. The van der Waals surface area contributed by atoms with Gasteiger partial charge in [0.2, 0.25) is 11.8 Å². The molecule has 1 saturated carbocycles. The van der Waals surface area contributed by atoms with Gasteiger partial charge in [0.25, 0.3) is 5.56 Å². The van der Waals surface area contributed by atoms with Gasteiger partial charge in [0, 0.05) is 19.1 Å². The van der Waals surface area contributed by atoms with Crippen LogP contribution in [0.2, 0.25) is 0 Å². The van der Waals surface area contributed by atoms with Crippen LogP contribution in [0.4, 0.5) is 5.13 Å². The Kier molecular flexibility index (Phi) is 5.64. The van der Waals surface area contributed by atoms with Crippen molar-refractivity contribution in [3.63, 3.8) is 0 Å². The van der Waals surface area contributed by atoms with E-state index < -0.39 is 0 Å². The molecule has 11 heteroatoms. The van der Waals surface area contributed by atoms with Crippen molar-refractivity contribution in [3.8, 4) is 0 Å². The second-order valence-corrected chi connectivity index (χ2v) is 9.23. The number of piperidine rings is 1. The normalized spacial score (nSPS) is 18.6. The molecule has 10 nitrogen and oxygen atoms in total. The Morgan fingerprint density at radius 2 is 2.16 bits per heavy atom. The summed E-state index contributed by atoms with van der Waals surface area (Å²) in [6.45, 7) is 1.49. The van der Waals surface area contributed by atoms with Crippen LogP contribution in [0.1, 0.15) is 31.4 Å². The van der Waals surface area contributed by atoms with Crippen molar-refractivity contribution in [1.29, 1.82) is 0 Å². The summed E-state index contributed by atoms with van der Waals surface area (Å²) in [5.41, 5.74) is 0.0683. The first-order valence-electron chi connectivity index (χ1n) is 10.8. The van der Waals surface area contributed by atoms with Gasteiger partial charge in [0.05, 0.1) is 18.7 Å². The molecule has 1 atom stereocenters. The number of amides is 2. The van der Waals surface area contributed by atoms with Crippen molar-refractivity contribution in [2.75, 3.05) is 18.0 Å². The summed E-state index contributed by atoms with van der Waals surface area (Å²) in [5.74, 6) is 0.366. The number of fused-ring (bicyclic) bond motifs is 1. The molecule has 168 valence electrons. The standard InChI is InChI=1S/C21H24N6O4S/c28-16(22-9-15-4-2-8-31-15)11-27-12-23-18-17(20(27)30)32-21(25-18)26-7-1-3-13(10-26)19(29)24-14-5-6-14/h2,4,8,12-14H,1,3,5-7,9-11H2,(H,22,28)(H,24,29). The van der Waals surface area contributed by atoms with Gasteiger partial charge >= 0.3 is 0 Å². The highest BCUT2D eigenvalue weighted by atomic mass is 32.1. The van der Waals surface area contributed by atoms with Crippen molar-refractivity contribution >= 4 is 38.6 Å². The fourth-order valence-electron chi connectivity index (χ4n) is 3.80. The molecule has 32 heavy (non-hydrogen) atoms. The zero-order chi connectivity index (χ0) is 22.1. The zero-order valence-corrected chi connectivity index (χ0v) is 18.3. The Labute approximate surface area is 187 Å². The van der Waals surface area contributed by atoms with E-state index in [1.165, 1.54) is 28.5 Å². The number of hydrogen-bond donors (Lipinski definition) is 2. The molecule has 4 heterocycles.